The molecule has 2 aromatic heterocycles. The van der Waals surface area contributed by atoms with Crippen LogP contribution in [0.5, 0.6) is 0 Å². The predicted molar refractivity (Wildman–Crippen MR) is 108 cm³/mol. The maximum Gasteiger partial charge on any atom is 0.173 e. The number of nitrogens with zero attached hydrogens (tertiary/aromatic N) is 4. The van der Waals surface area contributed by atoms with Gasteiger partial charge in [0.05, 0.1) is 22.3 Å². The van der Waals surface area contributed by atoms with Gasteiger partial charge in [-0.05, 0) is 37.2 Å². The Balaban J connectivity index is 1.35. The number of aromatic nitrogens is 4. The third kappa shape index (κ3) is 3.56. The first-order valence-electron chi connectivity index (χ1n) is 8.42. The summed E-state index contributed by atoms with van der Waals surface area (Å²) in [5.41, 5.74) is 1.58. The van der Waals surface area contributed by atoms with E-state index in [1.807, 2.05) is 24.3 Å². The number of benzene rings is 1. The highest BCUT2D eigenvalue weighted by Gasteiger charge is 2.22. The number of anilines is 2. The zero-order valence-electron chi connectivity index (χ0n) is 13.9. The van der Waals surface area contributed by atoms with Gasteiger partial charge in [-0.3, -0.25) is 5.10 Å². The Morgan fingerprint density at radius 3 is 2.85 bits per heavy atom. The SMILES string of the molecule is S=C(Nc1ccccc1Cl)N1CCC(Nc2ncnc3[nH]ncc23)CC1. The van der Waals surface area contributed by atoms with Crippen molar-refractivity contribution in [1.29, 1.82) is 0 Å². The molecule has 0 saturated carbocycles. The maximum atomic E-state index is 6.19. The molecular weight excluding hydrogens is 370 g/mol. The summed E-state index contributed by atoms with van der Waals surface area (Å²) < 4.78 is 0. The average molecular weight is 388 g/mol. The molecule has 9 heteroatoms. The lowest BCUT2D eigenvalue weighted by atomic mass is 10.1. The smallest absolute Gasteiger partial charge is 0.173 e. The first kappa shape index (κ1) is 17.0. The van der Waals surface area contributed by atoms with Crippen LogP contribution in [0.15, 0.2) is 36.8 Å². The van der Waals surface area contributed by atoms with Crippen molar-refractivity contribution in [3.8, 4) is 0 Å². The van der Waals surface area contributed by atoms with Gasteiger partial charge in [0.1, 0.15) is 12.1 Å². The van der Waals surface area contributed by atoms with Crippen LogP contribution in [0.2, 0.25) is 5.02 Å². The number of nitrogens with one attached hydrogen (secondary N) is 3. The fourth-order valence-electron chi connectivity index (χ4n) is 3.06. The molecular formula is C17H18ClN7S. The number of fused-ring (bicyclic) bond motifs is 1. The van der Waals surface area contributed by atoms with Crippen LogP contribution in [0, 0.1) is 0 Å². The topological polar surface area (TPSA) is 81.8 Å². The van der Waals surface area contributed by atoms with Crippen molar-refractivity contribution < 1.29 is 0 Å². The summed E-state index contributed by atoms with van der Waals surface area (Å²) in [6.07, 6.45) is 5.22. The molecule has 1 saturated heterocycles. The fraction of sp³-hybridized carbons (Fsp3) is 0.294. The van der Waals surface area contributed by atoms with Gasteiger partial charge >= 0.3 is 0 Å². The van der Waals surface area contributed by atoms with E-state index in [9.17, 15) is 0 Å². The summed E-state index contributed by atoms with van der Waals surface area (Å²) in [5.74, 6) is 0.818. The molecule has 0 amide bonds. The zero-order chi connectivity index (χ0) is 17.9. The molecule has 1 aromatic carbocycles. The Hall–Kier alpha value is -2.45. The van der Waals surface area contributed by atoms with E-state index in [4.69, 9.17) is 23.8 Å². The number of H-pyrrole nitrogens is 1. The second-order valence-electron chi connectivity index (χ2n) is 6.17. The van der Waals surface area contributed by atoms with Gasteiger partial charge < -0.3 is 15.5 Å². The van der Waals surface area contributed by atoms with Crippen molar-refractivity contribution >= 4 is 51.5 Å². The third-order valence-electron chi connectivity index (χ3n) is 4.49. The van der Waals surface area contributed by atoms with Crippen molar-refractivity contribution in [1.82, 2.24) is 25.1 Å². The standard InChI is InChI=1S/C17H18ClN7S/c18-13-3-1-2-4-14(13)23-17(26)25-7-5-11(6-8-25)22-15-12-9-21-24-16(12)20-10-19-15/h1-4,9-11H,5-8H2,(H,23,26)(H2,19,20,21,22,24). The minimum absolute atomic E-state index is 0.336. The number of aromatic amines is 1. The number of hydrogen-bond acceptors (Lipinski definition) is 5. The second kappa shape index (κ2) is 7.43. The molecule has 0 radical (unpaired) electrons. The van der Waals surface area contributed by atoms with Gasteiger partial charge in [0, 0.05) is 19.1 Å². The molecule has 0 aliphatic carbocycles. The Morgan fingerprint density at radius 1 is 1.23 bits per heavy atom. The molecule has 7 nitrogen and oxygen atoms in total. The lowest BCUT2D eigenvalue weighted by Gasteiger charge is -2.34. The van der Waals surface area contributed by atoms with E-state index in [1.165, 1.54) is 0 Å². The lowest BCUT2D eigenvalue weighted by molar-refractivity contribution is 0.327. The zero-order valence-corrected chi connectivity index (χ0v) is 15.5. The van der Waals surface area contributed by atoms with Gasteiger partial charge in [-0.2, -0.15) is 5.10 Å². The molecule has 0 atom stereocenters. The number of para-hydroxylation sites is 1. The summed E-state index contributed by atoms with van der Waals surface area (Å²) in [7, 11) is 0. The van der Waals surface area contributed by atoms with Crippen molar-refractivity contribution in [2.24, 2.45) is 0 Å². The minimum atomic E-state index is 0.336. The maximum absolute atomic E-state index is 6.19. The summed E-state index contributed by atoms with van der Waals surface area (Å²) in [6, 6.07) is 7.94. The van der Waals surface area contributed by atoms with Crippen molar-refractivity contribution in [3.63, 3.8) is 0 Å². The van der Waals surface area contributed by atoms with Crippen molar-refractivity contribution in [3.05, 3.63) is 41.8 Å². The number of piperidine rings is 1. The van der Waals surface area contributed by atoms with Gasteiger partial charge in [0.2, 0.25) is 0 Å². The van der Waals surface area contributed by atoms with Gasteiger partial charge in [0.15, 0.2) is 10.8 Å². The normalized spacial score (nSPS) is 15.2. The molecule has 1 aliphatic rings. The van der Waals surface area contributed by atoms with Gasteiger partial charge in [-0.15, -0.1) is 0 Å². The van der Waals surface area contributed by atoms with E-state index in [0.717, 1.165) is 48.5 Å². The molecule has 1 aliphatic heterocycles. The van der Waals surface area contributed by atoms with Crippen LogP contribution < -0.4 is 10.6 Å². The van der Waals surface area contributed by atoms with Crippen LogP contribution in [-0.2, 0) is 0 Å². The third-order valence-corrected chi connectivity index (χ3v) is 5.18. The molecule has 134 valence electrons. The quantitative estimate of drug-likeness (QED) is 0.595. The molecule has 26 heavy (non-hydrogen) atoms. The summed E-state index contributed by atoms with van der Waals surface area (Å²) in [4.78, 5) is 10.7. The number of rotatable bonds is 3. The highest BCUT2D eigenvalue weighted by Crippen LogP contribution is 2.23. The van der Waals surface area contributed by atoms with E-state index in [0.29, 0.717) is 16.2 Å². The summed E-state index contributed by atoms with van der Waals surface area (Å²) >= 11 is 11.7. The lowest BCUT2D eigenvalue weighted by Crippen LogP contribution is -2.44. The Morgan fingerprint density at radius 2 is 2.04 bits per heavy atom. The van der Waals surface area contributed by atoms with Crippen LogP contribution in [0.1, 0.15) is 12.8 Å². The van der Waals surface area contributed by atoms with Crippen LogP contribution in [0.4, 0.5) is 11.5 Å². The van der Waals surface area contributed by atoms with E-state index < -0.39 is 0 Å². The number of thiocarbonyl (C=S) groups is 1. The van der Waals surface area contributed by atoms with Gasteiger partial charge in [-0.1, -0.05) is 23.7 Å². The molecule has 0 bridgehead atoms. The Kier molecular flexibility index (Phi) is 4.85. The van der Waals surface area contributed by atoms with Crippen LogP contribution in [-0.4, -0.2) is 49.3 Å². The van der Waals surface area contributed by atoms with Crippen LogP contribution in [0.25, 0.3) is 11.0 Å². The largest absolute Gasteiger partial charge is 0.366 e. The fourth-order valence-corrected chi connectivity index (χ4v) is 3.53. The van der Waals surface area contributed by atoms with Gasteiger partial charge in [-0.25, -0.2) is 9.97 Å². The predicted octanol–water partition coefficient (Wildman–Crippen LogP) is 3.28. The van der Waals surface area contributed by atoms with Gasteiger partial charge in [0.25, 0.3) is 0 Å². The van der Waals surface area contributed by atoms with Crippen LogP contribution in [0.3, 0.4) is 0 Å². The summed E-state index contributed by atoms with van der Waals surface area (Å²) in [6.45, 7) is 1.74. The van der Waals surface area contributed by atoms with E-state index in [-0.39, 0.29) is 0 Å². The van der Waals surface area contributed by atoms with Crippen molar-refractivity contribution in [2.75, 3.05) is 23.7 Å². The molecule has 0 unspecified atom stereocenters. The summed E-state index contributed by atoms with van der Waals surface area (Å²) in [5, 5.41) is 15.9. The van der Waals surface area contributed by atoms with E-state index in [2.05, 4.69) is 35.7 Å². The number of likely N-dealkylation sites (tertiary alicyclic amines) is 1. The first-order valence-corrected chi connectivity index (χ1v) is 9.20. The average Bonchev–Trinajstić information content (AvgIpc) is 3.14. The Labute approximate surface area is 161 Å². The molecule has 0 spiro atoms. The number of hydrogen-bond donors (Lipinski definition) is 3. The molecule has 3 N–H and O–H groups in total. The highest BCUT2D eigenvalue weighted by atomic mass is 35.5. The van der Waals surface area contributed by atoms with E-state index >= 15 is 0 Å². The first-order chi connectivity index (χ1) is 12.7. The second-order valence-corrected chi connectivity index (χ2v) is 6.96. The number of halogens is 1. The molecule has 4 rings (SSSR count). The minimum Gasteiger partial charge on any atom is -0.366 e. The van der Waals surface area contributed by atoms with E-state index in [1.54, 1.807) is 12.5 Å². The molecule has 3 heterocycles. The van der Waals surface area contributed by atoms with Crippen molar-refractivity contribution in [2.45, 2.75) is 18.9 Å². The highest BCUT2D eigenvalue weighted by molar-refractivity contribution is 7.80. The van der Waals surface area contributed by atoms with Crippen LogP contribution >= 0.6 is 23.8 Å². The molecule has 3 aromatic rings. The molecule has 1 fully saturated rings. The Bertz CT molecular complexity index is 920. The monoisotopic (exact) mass is 387 g/mol.